The third-order valence-electron chi connectivity index (χ3n) is 3.03. The number of benzene rings is 1. The van der Waals surface area contributed by atoms with Crippen LogP contribution in [0.5, 0.6) is 0 Å². The fourth-order valence-corrected chi connectivity index (χ4v) is 1.96. The van der Waals surface area contributed by atoms with E-state index in [1.54, 1.807) is 16.7 Å². The molecule has 0 amide bonds. The van der Waals surface area contributed by atoms with Crippen molar-refractivity contribution in [2.24, 2.45) is 0 Å². The Balaban J connectivity index is 2.22. The third kappa shape index (κ3) is 2.87. The summed E-state index contributed by atoms with van der Waals surface area (Å²) in [6.07, 6.45) is 0.658. The molecule has 0 radical (unpaired) electrons. The van der Waals surface area contributed by atoms with Gasteiger partial charge in [0.05, 0.1) is 38.4 Å². The molecule has 2 rings (SSSR count). The Morgan fingerprint density at radius 2 is 2.10 bits per heavy atom. The van der Waals surface area contributed by atoms with Gasteiger partial charge in [0, 0.05) is 0 Å². The van der Waals surface area contributed by atoms with Gasteiger partial charge in [0.25, 0.3) is 0 Å². The summed E-state index contributed by atoms with van der Waals surface area (Å²) in [6.45, 7) is -0.157. The average molecular weight is 276 g/mol. The summed E-state index contributed by atoms with van der Waals surface area (Å²) in [5.74, 6) is -0.609. The molecular formula is C14H16N2O4. The fourth-order valence-electron chi connectivity index (χ4n) is 1.96. The van der Waals surface area contributed by atoms with Crippen LogP contribution in [0.1, 0.15) is 27.8 Å². The maximum Gasteiger partial charge on any atom is 0.358 e. The van der Waals surface area contributed by atoms with Crippen LogP contribution in [0.25, 0.3) is 0 Å². The molecular weight excluding hydrogens is 260 g/mol. The van der Waals surface area contributed by atoms with Gasteiger partial charge in [-0.3, -0.25) is 0 Å². The van der Waals surface area contributed by atoms with Crippen molar-refractivity contribution in [3.8, 4) is 0 Å². The molecule has 1 aromatic heterocycles. The lowest BCUT2D eigenvalue weighted by molar-refractivity contribution is 0.0589. The maximum absolute atomic E-state index is 11.5. The molecule has 0 unspecified atom stereocenters. The number of hydrogen-bond donors (Lipinski definition) is 2. The van der Waals surface area contributed by atoms with E-state index in [9.17, 15) is 15.0 Å². The summed E-state index contributed by atoms with van der Waals surface area (Å²) in [7, 11) is 1.25. The number of carbonyl (C=O) groups is 1. The predicted octanol–water partition coefficient (Wildman–Crippen LogP) is 0.896. The second-order valence-corrected chi connectivity index (χ2v) is 4.27. The number of aliphatic hydroxyl groups excluding tert-OH is 2. The van der Waals surface area contributed by atoms with Gasteiger partial charge < -0.3 is 19.5 Å². The summed E-state index contributed by atoms with van der Waals surface area (Å²) >= 11 is 0. The highest BCUT2D eigenvalue weighted by Gasteiger charge is 2.19. The van der Waals surface area contributed by atoms with E-state index in [0.717, 1.165) is 5.56 Å². The zero-order valence-electron chi connectivity index (χ0n) is 11.1. The first kappa shape index (κ1) is 14.2. The first-order chi connectivity index (χ1) is 9.67. The largest absolute Gasteiger partial charge is 0.464 e. The SMILES string of the molecule is COC(=O)c1ncn(C[C@@H](O)c2ccccc2)c1CO. The van der Waals surface area contributed by atoms with Crippen molar-refractivity contribution in [3.05, 3.63) is 53.6 Å². The third-order valence-corrected chi connectivity index (χ3v) is 3.03. The highest BCUT2D eigenvalue weighted by Crippen LogP contribution is 2.17. The number of aromatic nitrogens is 2. The van der Waals surface area contributed by atoms with Crippen LogP contribution in [0.4, 0.5) is 0 Å². The zero-order chi connectivity index (χ0) is 14.5. The van der Waals surface area contributed by atoms with E-state index in [4.69, 9.17) is 0 Å². The van der Waals surface area contributed by atoms with E-state index in [2.05, 4.69) is 9.72 Å². The van der Waals surface area contributed by atoms with Gasteiger partial charge in [0.1, 0.15) is 0 Å². The maximum atomic E-state index is 11.5. The van der Waals surface area contributed by atoms with Crippen LogP contribution in [-0.2, 0) is 17.9 Å². The van der Waals surface area contributed by atoms with Crippen molar-refractivity contribution in [2.75, 3.05) is 7.11 Å². The van der Waals surface area contributed by atoms with Gasteiger partial charge in [0.15, 0.2) is 5.69 Å². The van der Waals surface area contributed by atoms with Crippen molar-refractivity contribution < 1.29 is 19.7 Å². The Morgan fingerprint density at radius 1 is 1.40 bits per heavy atom. The highest BCUT2D eigenvalue weighted by atomic mass is 16.5. The first-order valence-electron chi connectivity index (χ1n) is 6.13. The van der Waals surface area contributed by atoms with E-state index in [0.29, 0.717) is 5.69 Å². The minimum absolute atomic E-state index is 0.0651. The number of carbonyl (C=O) groups excluding carboxylic acids is 1. The molecule has 0 saturated carbocycles. The van der Waals surface area contributed by atoms with Gasteiger partial charge in [0.2, 0.25) is 0 Å². The van der Waals surface area contributed by atoms with Crippen LogP contribution in [-0.4, -0.2) is 32.8 Å². The second-order valence-electron chi connectivity index (χ2n) is 4.27. The zero-order valence-corrected chi connectivity index (χ0v) is 11.1. The van der Waals surface area contributed by atoms with Gasteiger partial charge in [-0.25, -0.2) is 9.78 Å². The van der Waals surface area contributed by atoms with Crippen LogP contribution in [0.2, 0.25) is 0 Å². The van der Waals surface area contributed by atoms with Crippen molar-refractivity contribution in [3.63, 3.8) is 0 Å². The number of hydrogen-bond acceptors (Lipinski definition) is 5. The number of aliphatic hydroxyl groups is 2. The quantitative estimate of drug-likeness (QED) is 0.792. The lowest BCUT2D eigenvalue weighted by Gasteiger charge is -2.13. The van der Waals surface area contributed by atoms with Crippen LogP contribution in [0.3, 0.4) is 0 Å². The molecule has 6 heteroatoms. The summed E-state index contributed by atoms with van der Waals surface area (Å²) in [4.78, 5) is 15.4. The average Bonchev–Trinajstić information content (AvgIpc) is 2.89. The predicted molar refractivity (Wildman–Crippen MR) is 70.9 cm³/mol. The van der Waals surface area contributed by atoms with Crippen molar-refractivity contribution in [1.29, 1.82) is 0 Å². The molecule has 1 atom stereocenters. The highest BCUT2D eigenvalue weighted by molar-refractivity contribution is 5.88. The van der Waals surface area contributed by atoms with Gasteiger partial charge >= 0.3 is 5.97 Å². The molecule has 106 valence electrons. The number of imidazole rings is 1. The van der Waals surface area contributed by atoms with Gasteiger partial charge in [-0.2, -0.15) is 0 Å². The Labute approximate surface area is 116 Å². The molecule has 0 fully saturated rings. The van der Waals surface area contributed by atoms with E-state index in [1.165, 1.54) is 13.4 Å². The molecule has 0 bridgehead atoms. The molecule has 0 aliphatic carbocycles. The molecule has 0 spiro atoms. The number of methoxy groups -OCH3 is 1. The Bertz CT molecular complexity index is 580. The molecule has 1 aromatic carbocycles. The molecule has 6 nitrogen and oxygen atoms in total. The Hall–Kier alpha value is -2.18. The minimum Gasteiger partial charge on any atom is -0.464 e. The molecule has 0 aliphatic rings. The van der Waals surface area contributed by atoms with Crippen LogP contribution >= 0.6 is 0 Å². The lowest BCUT2D eigenvalue weighted by Crippen LogP contribution is -2.13. The number of rotatable bonds is 5. The molecule has 0 saturated heterocycles. The molecule has 2 N–H and O–H groups in total. The van der Waals surface area contributed by atoms with Crippen molar-refractivity contribution >= 4 is 5.97 Å². The van der Waals surface area contributed by atoms with Gasteiger partial charge in [-0.05, 0) is 5.56 Å². The van der Waals surface area contributed by atoms with E-state index in [1.807, 2.05) is 18.2 Å². The standard InChI is InChI=1S/C14H16N2O4/c1-20-14(19)13-11(8-17)16(9-15-13)7-12(18)10-5-3-2-4-6-10/h2-6,9,12,17-18H,7-8H2,1H3/t12-/m1/s1. The Kier molecular flexibility index (Phi) is 4.49. The normalized spacial score (nSPS) is 12.2. The van der Waals surface area contributed by atoms with Crippen molar-refractivity contribution in [1.82, 2.24) is 9.55 Å². The van der Waals surface area contributed by atoms with Gasteiger partial charge in [-0.1, -0.05) is 30.3 Å². The molecule has 2 aromatic rings. The van der Waals surface area contributed by atoms with E-state index < -0.39 is 12.1 Å². The lowest BCUT2D eigenvalue weighted by atomic mass is 10.1. The monoisotopic (exact) mass is 276 g/mol. The first-order valence-corrected chi connectivity index (χ1v) is 6.13. The smallest absolute Gasteiger partial charge is 0.358 e. The van der Waals surface area contributed by atoms with E-state index in [-0.39, 0.29) is 18.8 Å². The molecule has 20 heavy (non-hydrogen) atoms. The molecule has 0 aliphatic heterocycles. The number of nitrogens with zero attached hydrogens (tertiary/aromatic N) is 2. The topological polar surface area (TPSA) is 84.6 Å². The van der Waals surface area contributed by atoms with Crippen LogP contribution < -0.4 is 0 Å². The summed E-state index contributed by atoms with van der Waals surface area (Å²) < 4.78 is 6.14. The van der Waals surface area contributed by atoms with E-state index >= 15 is 0 Å². The molecule has 1 heterocycles. The number of ether oxygens (including phenoxy) is 1. The fraction of sp³-hybridized carbons (Fsp3) is 0.286. The van der Waals surface area contributed by atoms with Crippen molar-refractivity contribution in [2.45, 2.75) is 19.3 Å². The van der Waals surface area contributed by atoms with Crippen LogP contribution in [0, 0.1) is 0 Å². The summed E-state index contributed by atoms with van der Waals surface area (Å²) in [5, 5.41) is 19.5. The number of esters is 1. The minimum atomic E-state index is -0.749. The Morgan fingerprint density at radius 3 is 2.70 bits per heavy atom. The summed E-state index contributed by atoms with van der Waals surface area (Å²) in [5.41, 5.74) is 1.15. The summed E-state index contributed by atoms with van der Waals surface area (Å²) in [6, 6.07) is 9.14. The second kappa shape index (κ2) is 6.31. The van der Waals surface area contributed by atoms with Crippen LogP contribution in [0.15, 0.2) is 36.7 Å². The van der Waals surface area contributed by atoms with Gasteiger partial charge in [-0.15, -0.1) is 0 Å².